The Bertz CT molecular complexity index is 724. The van der Waals surface area contributed by atoms with Crippen molar-refractivity contribution in [2.45, 2.75) is 12.3 Å². The Morgan fingerprint density at radius 3 is 1.96 bits per heavy atom. The first-order chi connectivity index (χ1) is 10.7. The van der Waals surface area contributed by atoms with Crippen molar-refractivity contribution in [2.24, 2.45) is 0 Å². The molecule has 1 unspecified atom stereocenters. The van der Waals surface area contributed by atoms with Gasteiger partial charge in [0, 0.05) is 16.0 Å². The lowest BCUT2D eigenvalue weighted by Crippen LogP contribution is -2.08. The van der Waals surface area contributed by atoms with Gasteiger partial charge in [-0.3, -0.25) is 4.55 Å². The molecule has 2 N–H and O–H groups in total. The van der Waals surface area contributed by atoms with E-state index in [1.54, 1.807) is 0 Å². The standard InChI is InChI=1S/C15H14Cl2O.CH4O3S/c16-14-7-3-1-5-11(14)9-12(10-18)13-6-2-4-8-15(13)17;1-5(2,3)4/h1-8,12,18H,9-10H2;1H3,(H,2,3,4). The molecule has 0 amide bonds. The summed E-state index contributed by atoms with van der Waals surface area (Å²) in [5.41, 5.74) is 1.99. The molecule has 0 fully saturated rings. The highest BCUT2D eigenvalue weighted by molar-refractivity contribution is 7.85. The highest BCUT2D eigenvalue weighted by Gasteiger charge is 2.15. The van der Waals surface area contributed by atoms with E-state index in [4.69, 9.17) is 27.8 Å². The Morgan fingerprint density at radius 1 is 1.00 bits per heavy atom. The van der Waals surface area contributed by atoms with Crippen LogP contribution in [0.1, 0.15) is 17.0 Å². The monoisotopic (exact) mass is 376 g/mol. The molecule has 7 heteroatoms. The summed E-state index contributed by atoms with van der Waals surface area (Å²) < 4.78 is 25.9. The van der Waals surface area contributed by atoms with Gasteiger partial charge in [0.05, 0.1) is 12.9 Å². The zero-order valence-corrected chi connectivity index (χ0v) is 14.8. The van der Waals surface area contributed by atoms with Gasteiger partial charge in [0.1, 0.15) is 0 Å². The third-order valence-corrected chi connectivity index (χ3v) is 3.70. The normalized spacial score (nSPS) is 12.2. The van der Waals surface area contributed by atoms with Gasteiger partial charge >= 0.3 is 0 Å². The molecule has 1 atom stereocenters. The van der Waals surface area contributed by atoms with Gasteiger partial charge in [0.15, 0.2) is 0 Å². The predicted octanol–water partition coefficient (Wildman–Crippen LogP) is 3.82. The second-order valence-electron chi connectivity index (χ2n) is 4.93. The van der Waals surface area contributed by atoms with Gasteiger partial charge in [-0.2, -0.15) is 8.42 Å². The van der Waals surface area contributed by atoms with E-state index < -0.39 is 10.1 Å². The van der Waals surface area contributed by atoms with Crippen LogP contribution in [-0.4, -0.2) is 30.9 Å². The van der Waals surface area contributed by atoms with E-state index >= 15 is 0 Å². The Labute approximate surface area is 146 Å². The largest absolute Gasteiger partial charge is 0.396 e. The van der Waals surface area contributed by atoms with Crippen LogP contribution in [0.4, 0.5) is 0 Å². The Balaban J connectivity index is 0.000000463. The molecule has 0 saturated carbocycles. The van der Waals surface area contributed by atoms with Crippen LogP contribution in [0.15, 0.2) is 48.5 Å². The lowest BCUT2D eigenvalue weighted by Gasteiger charge is -2.16. The van der Waals surface area contributed by atoms with E-state index in [9.17, 15) is 13.5 Å². The summed E-state index contributed by atoms with van der Waals surface area (Å²) in [6.45, 7) is 0.0506. The minimum absolute atomic E-state index is 0.0291. The van der Waals surface area contributed by atoms with Crippen LogP contribution in [0.5, 0.6) is 0 Å². The number of rotatable bonds is 4. The van der Waals surface area contributed by atoms with E-state index in [0.717, 1.165) is 16.1 Å². The summed E-state index contributed by atoms with van der Waals surface area (Å²) in [6.07, 6.45) is 1.40. The second kappa shape index (κ2) is 9.25. The highest BCUT2D eigenvalue weighted by Crippen LogP contribution is 2.29. The van der Waals surface area contributed by atoms with Crippen molar-refractivity contribution in [1.29, 1.82) is 0 Å². The van der Waals surface area contributed by atoms with E-state index in [1.807, 2.05) is 48.5 Å². The molecule has 0 radical (unpaired) electrons. The lowest BCUT2D eigenvalue weighted by atomic mass is 9.92. The van der Waals surface area contributed by atoms with Crippen molar-refractivity contribution in [2.75, 3.05) is 12.9 Å². The lowest BCUT2D eigenvalue weighted by molar-refractivity contribution is 0.264. The summed E-state index contributed by atoms with van der Waals surface area (Å²) in [6, 6.07) is 15.3. The van der Waals surface area contributed by atoms with Gasteiger partial charge in [-0.15, -0.1) is 0 Å². The van der Waals surface area contributed by atoms with Crippen LogP contribution in [0, 0.1) is 0 Å². The predicted molar refractivity (Wildman–Crippen MR) is 93.9 cm³/mol. The van der Waals surface area contributed by atoms with Crippen molar-refractivity contribution in [3.05, 3.63) is 69.7 Å². The Kier molecular flexibility index (Phi) is 8.02. The average Bonchev–Trinajstić information content (AvgIpc) is 2.46. The molecule has 0 aliphatic heterocycles. The van der Waals surface area contributed by atoms with Crippen LogP contribution in [0.25, 0.3) is 0 Å². The molecule has 126 valence electrons. The molecule has 2 aromatic rings. The molecule has 2 rings (SSSR count). The summed E-state index contributed by atoms with van der Waals surface area (Å²) in [5, 5.41) is 11.0. The molecular formula is C16H18Cl2O4S. The van der Waals surface area contributed by atoms with Crippen molar-refractivity contribution in [1.82, 2.24) is 0 Å². The number of aliphatic hydroxyl groups is 1. The zero-order chi connectivity index (χ0) is 17.5. The third-order valence-electron chi connectivity index (χ3n) is 2.99. The fourth-order valence-corrected chi connectivity index (χ4v) is 2.51. The maximum atomic E-state index is 9.55. The van der Waals surface area contributed by atoms with E-state index in [2.05, 4.69) is 0 Å². The van der Waals surface area contributed by atoms with Crippen LogP contribution in [-0.2, 0) is 16.5 Å². The van der Waals surface area contributed by atoms with Crippen LogP contribution >= 0.6 is 23.2 Å². The van der Waals surface area contributed by atoms with Crippen LogP contribution in [0.2, 0.25) is 10.0 Å². The molecule has 0 aliphatic rings. The molecule has 0 aromatic heterocycles. The fraction of sp³-hybridized carbons (Fsp3) is 0.250. The van der Waals surface area contributed by atoms with Crippen molar-refractivity contribution < 1.29 is 18.1 Å². The van der Waals surface area contributed by atoms with Crippen LogP contribution < -0.4 is 0 Å². The molecule has 23 heavy (non-hydrogen) atoms. The van der Waals surface area contributed by atoms with E-state index in [-0.39, 0.29) is 12.5 Å². The zero-order valence-electron chi connectivity index (χ0n) is 12.5. The topological polar surface area (TPSA) is 74.6 Å². The van der Waals surface area contributed by atoms with Crippen molar-refractivity contribution in [3.8, 4) is 0 Å². The SMILES string of the molecule is CS(=O)(=O)O.OCC(Cc1ccccc1Cl)c1ccccc1Cl. The quantitative estimate of drug-likeness (QED) is 0.795. The first kappa shape index (κ1) is 19.9. The molecule has 0 spiro atoms. The fourth-order valence-electron chi connectivity index (χ4n) is 2.01. The summed E-state index contributed by atoms with van der Waals surface area (Å²) in [7, 11) is -3.67. The van der Waals surface area contributed by atoms with Gasteiger partial charge < -0.3 is 5.11 Å². The average molecular weight is 377 g/mol. The van der Waals surface area contributed by atoms with Gasteiger partial charge in [-0.25, -0.2) is 0 Å². The number of halogens is 2. The second-order valence-corrected chi connectivity index (χ2v) is 7.21. The highest BCUT2D eigenvalue weighted by atomic mass is 35.5. The number of hydrogen-bond acceptors (Lipinski definition) is 3. The maximum Gasteiger partial charge on any atom is 0.261 e. The molecule has 2 aromatic carbocycles. The van der Waals surface area contributed by atoms with Crippen molar-refractivity contribution >= 4 is 33.3 Å². The molecule has 0 heterocycles. The first-order valence-corrected chi connectivity index (χ1v) is 9.34. The van der Waals surface area contributed by atoms with Gasteiger partial charge in [-0.05, 0) is 29.7 Å². The number of benzene rings is 2. The van der Waals surface area contributed by atoms with E-state index in [1.165, 1.54) is 0 Å². The third kappa shape index (κ3) is 7.81. The van der Waals surface area contributed by atoms with Gasteiger partial charge in [0.2, 0.25) is 0 Å². The molecule has 0 aliphatic carbocycles. The minimum atomic E-state index is -3.67. The Hall–Kier alpha value is -1.11. The van der Waals surface area contributed by atoms with Gasteiger partial charge in [0.25, 0.3) is 10.1 Å². The molecule has 0 bridgehead atoms. The van der Waals surface area contributed by atoms with Gasteiger partial charge in [-0.1, -0.05) is 59.6 Å². The van der Waals surface area contributed by atoms with E-state index in [0.29, 0.717) is 17.7 Å². The summed E-state index contributed by atoms with van der Waals surface area (Å²) >= 11 is 12.3. The minimum Gasteiger partial charge on any atom is -0.396 e. The summed E-state index contributed by atoms with van der Waals surface area (Å²) in [5.74, 6) is -0.0291. The molecule has 4 nitrogen and oxygen atoms in total. The molecular weight excluding hydrogens is 359 g/mol. The Morgan fingerprint density at radius 2 is 1.48 bits per heavy atom. The number of aliphatic hydroxyl groups excluding tert-OH is 1. The first-order valence-electron chi connectivity index (χ1n) is 6.73. The van der Waals surface area contributed by atoms with Crippen LogP contribution in [0.3, 0.4) is 0 Å². The van der Waals surface area contributed by atoms with Crippen molar-refractivity contribution in [3.63, 3.8) is 0 Å². The smallest absolute Gasteiger partial charge is 0.261 e. The summed E-state index contributed by atoms with van der Waals surface area (Å²) in [4.78, 5) is 0. The maximum absolute atomic E-state index is 9.55. The molecule has 0 saturated heterocycles. The number of hydrogen-bond donors (Lipinski definition) is 2.